The fraction of sp³-hybridized carbons (Fsp3) is 0.389. The van der Waals surface area contributed by atoms with Gasteiger partial charge >= 0.3 is 0 Å². The number of carbonyl (C=O) groups is 2. The lowest BCUT2D eigenvalue weighted by atomic mass is 10.1. The number of thiocarbonyl (C=S) groups is 1. The molecular formula is C18H21N3O2S. The molecule has 1 aromatic carbocycles. The number of nitrogens with zero attached hydrogens (tertiary/aromatic N) is 2. The predicted octanol–water partition coefficient (Wildman–Crippen LogP) is 2.32. The lowest BCUT2D eigenvalue weighted by Crippen LogP contribution is -2.52. The van der Waals surface area contributed by atoms with Crippen LogP contribution in [0.15, 0.2) is 29.8 Å². The molecule has 0 radical (unpaired) electrons. The Hall–Kier alpha value is -2.21. The molecule has 24 heavy (non-hydrogen) atoms. The van der Waals surface area contributed by atoms with Crippen molar-refractivity contribution in [3.8, 4) is 0 Å². The third-order valence-corrected chi connectivity index (χ3v) is 4.86. The van der Waals surface area contributed by atoms with Crippen LogP contribution in [-0.4, -0.2) is 42.0 Å². The van der Waals surface area contributed by atoms with Gasteiger partial charge in [-0.05, 0) is 48.8 Å². The van der Waals surface area contributed by atoms with Crippen molar-refractivity contribution in [1.82, 2.24) is 10.2 Å². The lowest BCUT2D eigenvalue weighted by Gasteiger charge is -2.25. The van der Waals surface area contributed by atoms with E-state index in [-0.39, 0.29) is 16.6 Å². The topological polar surface area (TPSA) is 52.7 Å². The van der Waals surface area contributed by atoms with E-state index >= 15 is 0 Å². The maximum Gasteiger partial charge on any atom is 0.265 e. The van der Waals surface area contributed by atoms with Gasteiger partial charge in [-0.2, -0.15) is 0 Å². The Balaban J connectivity index is 1.79. The summed E-state index contributed by atoms with van der Waals surface area (Å²) in [6.07, 6.45) is 6.67. The van der Waals surface area contributed by atoms with Gasteiger partial charge in [-0.1, -0.05) is 25.0 Å². The van der Waals surface area contributed by atoms with E-state index in [1.54, 1.807) is 13.1 Å². The largest absolute Gasteiger partial charge is 0.372 e. The van der Waals surface area contributed by atoms with Crippen molar-refractivity contribution < 1.29 is 9.59 Å². The number of hydrogen-bond acceptors (Lipinski definition) is 4. The summed E-state index contributed by atoms with van der Waals surface area (Å²) >= 11 is 4.94. The zero-order chi connectivity index (χ0) is 17.1. The average molecular weight is 343 g/mol. The molecule has 0 saturated carbocycles. The molecule has 0 atom stereocenters. The molecule has 0 unspecified atom stereocenters. The Morgan fingerprint density at radius 2 is 1.67 bits per heavy atom. The maximum atomic E-state index is 12.2. The van der Waals surface area contributed by atoms with Crippen molar-refractivity contribution in [3.05, 3.63) is 35.4 Å². The fourth-order valence-corrected chi connectivity index (χ4v) is 3.20. The van der Waals surface area contributed by atoms with Crippen LogP contribution in [0.5, 0.6) is 0 Å². The highest BCUT2D eigenvalue weighted by atomic mass is 32.1. The highest BCUT2D eigenvalue weighted by Gasteiger charge is 2.30. The van der Waals surface area contributed by atoms with Gasteiger partial charge in [-0.3, -0.25) is 19.8 Å². The molecule has 6 heteroatoms. The summed E-state index contributed by atoms with van der Waals surface area (Å²) in [4.78, 5) is 27.9. The van der Waals surface area contributed by atoms with E-state index in [9.17, 15) is 9.59 Å². The van der Waals surface area contributed by atoms with Crippen molar-refractivity contribution in [1.29, 1.82) is 0 Å². The molecule has 1 aromatic rings. The predicted molar refractivity (Wildman–Crippen MR) is 98.6 cm³/mol. The van der Waals surface area contributed by atoms with Crippen LogP contribution in [0.1, 0.15) is 31.2 Å². The molecule has 2 aliphatic rings. The normalized spacial score (nSPS) is 21.0. The van der Waals surface area contributed by atoms with E-state index in [0.29, 0.717) is 0 Å². The first kappa shape index (κ1) is 16.6. The van der Waals surface area contributed by atoms with Crippen molar-refractivity contribution >= 4 is 40.9 Å². The van der Waals surface area contributed by atoms with Gasteiger partial charge in [0.15, 0.2) is 5.11 Å². The summed E-state index contributed by atoms with van der Waals surface area (Å²) in [6.45, 7) is 2.17. The monoisotopic (exact) mass is 343 g/mol. The number of carbonyl (C=O) groups excluding carboxylic acids is 2. The van der Waals surface area contributed by atoms with Gasteiger partial charge in [0, 0.05) is 25.8 Å². The standard InChI is InChI=1S/C18H21N3O2S/c1-20-17(23)15(16(22)19-18(20)24)12-13-6-8-14(9-7-13)21-10-4-2-3-5-11-21/h6-9,12H,2-5,10-11H2,1H3,(H,19,22,24). The zero-order valence-electron chi connectivity index (χ0n) is 13.7. The highest BCUT2D eigenvalue weighted by molar-refractivity contribution is 7.80. The van der Waals surface area contributed by atoms with Crippen molar-refractivity contribution in [2.45, 2.75) is 25.7 Å². The second-order valence-electron chi connectivity index (χ2n) is 6.17. The molecule has 2 aliphatic heterocycles. The number of anilines is 1. The summed E-state index contributed by atoms with van der Waals surface area (Å²) in [5.74, 6) is -0.819. The van der Waals surface area contributed by atoms with E-state index in [2.05, 4.69) is 22.3 Å². The number of hydrogen-bond donors (Lipinski definition) is 1. The number of rotatable bonds is 2. The van der Waals surface area contributed by atoms with Crippen LogP contribution in [0.3, 0.4) is 0 Å². The van der Waals surface area contributed by atoms with Gasteiger partial charge in [0.25, 0.3) is 11.8 Å². The molecule has 0 spiro atoms. The molecule has 5 nitrogen and oxygen atoms in total. The molecule has 1 N–H and O–H groups in total. The molecule has 2 amide bonds. The second kappa shape index (κ2) is 7.13. The Kier molecular flexibility index (Phi) is 4.94. The summed E-state index contributed by atoms with van der Waals surface area (Å²) < 4.78 is 0. The van der Waals surface area contributed by atoms with Crippen molar-refractivity contribution in [3.63, 3.8) is 0 Å². The third-order valence-electron chi connectivity index (χ3n) is 4.48. The SMILES string of the molecule is CN1C(=O)C(=Cc2ccc(N3CCCCCC3)cc2)C(=O)NC1=S. The van der Waals surface area contributed by atoms with Crippen molar-refractivity contribution in [2.24, 2.45) is 0 Å². The van der Waals surface area contributed by atoms with Gasteiger partial charge in [-0.25, -0.2) is 0 Å². The Morgan fingerprint density at radius 1 is 1.04 bits per heavy atom. The Labute approximate surface area is 147 Å². The smallest absolute Gasteiger partial charge is 0.265 e. The number of amides is 2. The van der Waals surface area contributed by atoms with Crippen LogP contribution in [0.2, 0.25) is 0 Å². The molecule has 2 heterocycles. The Morgan fingerprint density at radius 3 is 2.29 bits per heavy atom. The molecule has 0 aromatic heterocycles. The van der Waals surface area contributed by atoms with Gasteiger partial charge in [0.05, 0.1) is 0 Å². The highest BCUT2D eigenvalue weighted by Crippen LogP contribution is 2.21. The van der Waals surface area contributed by atoms with Crippen LogP contribution in [0.4, 0.5) is 5.69 Å². The van der Waals surface area contributed by atoms with Crippen LogP contribution in [-0.2, 0) is 9.59 Å². The molecular weight excluding hydrogens is 322 g/mol. The van der Waals surface area contributed by atoms with Gasteiger partial charge in [0.1, 0.15) is 5.57 Å². The number of benzene rings is 1. The summed E-state index contributed by atoms with van der Waals surface area (Å²) in [6, 6.07) is 8.00. The minimum atomic E-state index is -0.445. The van der Waals surface area contributed by atoms with Crippen LogP contribution in [0.25, 0.3) is 6.08 Å². The fourth-order valence-electron chi connectivity index (χ4n) is 3.02. The van der Waals surface area contributed by atoms with Crippen LogP contribution < -0.4 is 10.2 Å². The summed E-state index contributed by atoms with van der Waals surface area (Å²) in [7, 11) is 1.56. The first-order valence-corrected chi connectivity index (χ1v) is 8.67. The minimum Gasteiger partial charge on any atom is -0.372 e. The maximum absolute atomic E-state index is 12.2. The first-order valence-electron chi connectivity index (χ1n) is 8.26. The first-order chi connectivity index (χ1) is 11.6. The van der Waals surface area contributed by atoms with E-state index in [1.165, 1.54) is 36.3 Å². The van der Waals surface area contributed by atoms with E-state index in [4.69, 9.17) is 12.2 Å². The molecule has 126 valence electrons. The third kappa shape index (κ3) is 3.48. The van der Waals surface area contributed by atoms with Crippen molar-refractivity contribution in [2.75, 3.05) is 25.0 Å². The van der Waals surface area contributed by atoms with Crippen LogP contribution >= 0.6 is 12.2 Å². The molecule has 2 saturated heterocycles. The van der Waals surface area contributed by atoms with Gasteiger partial charge in [-0.15, -0.1) is 0 Å². The van der Waals surface area contributed by atoms with Crippen LogP contribution in [0, 0.1) is 0 Å². The number of nitrogens with one attached hydrogen (secondary N) is 1. The average Bonchev–Trinajstić information content (AvgIpc) is 2.87. The summed E-state index contributed by atoms with van der Waals surface area (Å²) in [5.41, 5.74) is 2.12. The second-order valence-corrected chi connectivity index (χ2v) is 6.56. The number of likely N-dealkylation sites (N-methyl/N-ethyl adjacent to an activating group) is 1. The van der Waals surface area contributed by atoms with E-state index in [1.807, 2.05) is 12.1 Å². The van der Waals surface area contributed by atoms with Gasteiger partial charge in [0.2, 0.25) is 0 Å². The molecule has 0 aliphatic carbocycles. The quantitative estimate of drug-likeness (QED) is 0.509. The molecule has 3 rings (SSSR count). The minimum absolute atomic E-state index is 0.105. The molecule has 2 fully saturated rings. The molecule has 0 bridgehead atoms. The lowest BCUT2D eigenvalue weighted by molar-refractivity contribution is -0.128. The van der Waals surface area contributed by atoms with E-state index < -0.39 is 5.91 Å². The zero-order valence-corrected chi connectivity index (χ0v) is 14.6. The van der Waals surface area contributed by atoms with Gasteiger partial charge < -0.3 is 4.90 Å². The Bertz CT molecular complexity index is 689. The van der Waals surface area contributed by atoms with E-state index in [0.717, 1.165) is 18.7 Å². The summed E-state index contributed by atoms with van der Waals surface area (Å²) in [5, 5.41) is 2.66.